The second-order valence-corrected chi connectivity index (χ2v) is 7.13. The Bertz CT molecular complexity index is 1060. The summed E-state index contributed by atoms with van der Waals surface area (Å²) in [5.74, 6) is 0.595. The number of aromatic nitrogens is 4. The summed E-state index contributed by atoms with van der Waals surface area (Å²) in [5, 5.41) is 4.19. The zero-order valence-corrected chi connectivity index (χ0v) is 15.9. The Hall–Kier alpha value is -3.00. The van der Waals surface area contributed by atoms with Gasteiger partial charge in [0.05, 0.1) is 6.20 Å². The number of aryl methyl sites for hydroxylation is 1. The Morgan fingerprint density at radius 3 is 2.79 bits per heavy atom. The molecule has 3 heterocycles. The fraction of sp³-hybridized carbons (Fsp3) is 0.400. The maximum Gasteiger partial charge on any atom is 0.293 e. The lowest BCUT2D eigenvalue weighted by atomic mass is 10.1. The van der Waals surface area contributed by atoms with E-state index in [-0.39, 0.29) is 23.9 Å². The van der Waals surface area contributed by atoms with Crippen LogP contribution < -0.4 is 16.2 Å². The minimum atomic E-state index is -0.302. The van der Waals surface area contributed by atoms with Crippen molar-refractivity contribution in [1.29, 1.82) is 0 Å². The first-order chi connectivity index (χ1) is 13.6. The van der Waals surface area contributed by atoms with Crippen molar-refractivity contribution in [3.8, 4) is 0 Å². The standard InChI is InChI=1S/C20H24N6O2/c1-2-25-18-16(23-20(25)24-10-6-9-15(21)12-24)11-22-26(19(18)28)13-17(27)14-7-4-3-5-8-14/h3-5,7-8,11,15H,2,6,9-10,12-13,21H2,1H3/t15-/m1/s1. The molecule has 8 nitrogen and oxygen atoms in total. The number of imidazole rings is 1. The molecule has 8 heteroatoms. The highest BCUT2D eigenvalue weighted by Gasteiger charge is 2.24. The van der Waals surface area contributed by atoms with E-state index in [0.717, 1.165) is 31.9 Å². The van der Waals surface area contributed by atoms with E-state index in [1.54, 1.807) is 30.5 Å². The molecule has 1 saturated heterocycles. The van der Waals surface area contributed by atoms with Crippen LogP contribution in [0.5, 0.6) is 0 Å². The largest absolute Gasteiger partial charge is 0.341 e. The van der Waals surface area contributed by atoms with Crippen LogP contribution in [-0.2, 0) is 13.1 Å². The molecule has 0 unspecified atom stereocenters. The van der Waals surface area contributed by atoms with Crippen molar-refractivity contribution < 1.29 is 4.79 Å². The van der Waals surface area contributed by atoms with Crippen molar-refractivity contribution in [2.45, 2.75) is 38.9 Å². The minimum absolute atomic E-state index is 0.0996. The molecular weight excluding hydrogens is 356 g/mol. The van der Waals surface area contributed by atoms with Crippen LogP contribution in [0.2, 0.25) is 0 Å². The highest BCUT2D eigenvalue weighted by Crippen LogP contribution is 2.23. The van der Waals surface area contributed by atoms with E-state index in [1.807, 2.05) is 17.6 Å². The van der Waals surface area contributed by atoms with Gasteiger partial charge in [-0.25, -0.2) is 9.67 Å². The molecule has 0 spiro atoms. The molecule has 1 aromatic carbocycles. The predicted molar refractivity (Wildman–Crippen MR) is 108 cm³/mol. The van der Waals surface area contributed by atoms with Crippen LogP contribution in [0.1, 0.15) is 30.1 Å². The molecule has 1 aliphatic heterocycles. The summed E-state index contributed by atoms with van der Waals surface area (Å²) in [6, 6.07) is 9.03. The van der Waals surface area contributed by atoms with E-state index in [0.29, 0.717) is 23.1 Å². The van der Waals surface area contributed by atoms with Gasteiger partial charge in [0.2, 0.25) is 5.95 Å². The number of nitrogens with zero attached hydrogens (tertiary/aromatic N) is 5. The minimum Gasteiger partial charge on any atom is -0.341 e. The number of nitrogens with two attached hydrogens (primary N) is 1. The number of benzene rings is 1. The summed E-state index contributed by atoms with van der Waals surface area (Å²) in [6.07, 6.45) is 3.56. The summed E-state index contributed by atoms with van der Waals surface area (Å²) in [6.45, 7) is 4.07. The molecule has 0 radical (unpaired) electrons. The summed E-state index contributed by atoms with van der Waals surface area (Å²) >= 11 is 0. The van der Waals surface area contributed by atoms with Gasteiger partial charge in [-0.1, -0.05) is 30.3 Å². The van der Waals surface area contributed by atoms with Gasteiger partial charge >= 0.3 is 0 Å². The van der Waals surface area contributed by atoms with Gasteiger partial charge in [0.25, 0.3) is 5.56 Å². The average Bonchev–Trinajstić information content (AvgIpc) is 3.10. The maximum absolute atomic E-state index is 13.1. The van der Waals surface area contributed by atoms with Crippen LogP contribution in [0, 0.1) is 0 Å². The zero-order chi connectivity index (χ0) is 19.7. The van der Waals surface area contributed by atoms with E-state index in [4.69, 9.17) is 5.73 Å². The van der Waals surface area contributed by atoms with Gasteiger partial charge < -0.3 is 15.2 Å². The summed E-state index contributed by atoms with van der Waals surface area (Å²) in [7, 11) is 0. The van der Waals surface area contributed by atoms with Gasteiger partial charge in [0.1, 0.15) is 17.6 Å². The smallest absolute Gasteiger partial charge is 0.293 e. The monoisotopic (exact) mass is 380 g/mol. The summed E-state index contributed by atoms with van der Waals surface area (Å²) in [4.78, 5) is 32.4. The van der Waals surface area contributed by atoms with Gasteiger partial charge in [-0.15, -0.1) is 0 Å². The Labute approximate surface area is 162 Å². The van der Waals surface area contributed by atoms with E-state index in [2.05, 4.69) is 15.0 Å². The van der Waals surface area contributed by atoms with Gasteiger partial charge in [0, 0.05) is 31.2 Å². The lowest BCUT2D eigenvalue weighted by Gasteiger charge is -2.31. The molecule has 146 valence electrons. The number of piperidine rings is 1. The van der Waals surface area contributed by atoms with Crippen LogP contribution >= 0.6 is 0 Å². The summed E-state index contributed by atoms with van der Waals surface area (Å²) < 4.78 is 3.12. The van der Waals surface area contributed by atoms with Crippen LogP contribution in [-0.4, -0.2) is 44.2 Å². The Kier molecular flexibility index (Phi) is 4.95. The van der Waals surface area contributed by atoms with Crippen molar-refractivity contribution in [2.75, 3.05) is 18.0 Å². The normalized spacial score (nSPS) is 17.2. The fourth-order valence-electron chi connectivity index (χ4n) is 3.77. The van der Waals surface area contributed by atoms with E-state index in [9.17, 15) is 9.59 Å². The molecule has 3 aromatic rings. The lowest BCUT2D eigenvalue weighted by molar-refractivity contribution is 0.0966. The lowest BCUT2D eigenvalue weighted by Crippen LogP contribution is -2.44. The van der Waals surface area contributed by atoms with Gasteiger partial charge in [0.15, 0.2) is 5.78 Å². The third-order valence-corrected chi connectivity index (χ3v) is 5.18. The molecule has 1 fully saturated rings. The highest BCUT2D eigenvalue weighted by molar-refractivity contribution is 5.95. The maximum atomic E-state index is 13.1. The van der Waals surface area contributed by atoms with Gasteiger partial charge in [-0.3, -0.25) is 9.59 Å². The topological polar surface area (TPSA) is 99.0 Å². The number of hydrogen-bond acceptors (Lipinski definition) is 6. The Balaban J connectivity index is 1.72. The van der Waals surface area contributed by atoms with Crippen molar-refractivity contribution in [3.63, 3.8) is 0 Å². The first-order valence-electron chi connectivity index (χ1n) is 9.63. The second-order valence-electron chi connectivity index (χ2n) is 7.13. The van der Waals surface area contributed by atoms with Crippen molar-refractivity contribution in [2.24, 2.45) is 5.73 Å². The Morgan fingerprint density at radius 1 is 1.29 bits per heavy atom. The third-order valence-electron chi connectivity index (χ3n) is 5.18. The number of rotatable bonds is 5. The van der Waals surface area contributed by atoms with Crippen LogP contribution in [0.15, 0.2) is 41.3 Å². The summed E-state index contributed by atoms with van der Waals surface area (Å²) in [5.41, 5.74) is 7.40. The first kappa shape index (κ1) is 18.4. The molecule has 2 aromatic heterocycles. The molecule has 0 aliphatic carbocycles. The van der Waals surface area contributed by atoms with E-state index >= 15 is 0 Å². The molecule has 2 N–H and O–H groups in total. The molecule has 0 saturated carbocycles. The van der Waals surface area contributed by atoms with Gasteiger partial charge in [-0.2, -0.15) is 5.10 Å². The van der Waals surface area contributed by atoms with Gasteiger partial charge in [-0.05, 0) is 19.8 Å². The highest BCUT2D eigenvalue weighted by atomic mass is 16.1. The third kappa shape index (κ3) is 3.31. The van der Waals surface area contributed by atoms with Crippen LogP contribution in [0.4, 0.5) is 5.95 Å². The van der Waals surface area contributed by atoms with Crippen molar-refractivity contribution >= 4 is 22.8 Å². The van der Waals surface area contributed by atoms with Crippen molar-refractivity contribution in [1.82, 2.24) is 19.3 Å². The molecule has 0 amide bonds. The number of fused-ring (bicyclic) bond motifs is 1. The molecular formula is C20H24N6O2. The van der Waals surface area contributed by atoms with Crippen LogP contribution in [0.25, 0.3) is 11.0 Å². The average molecular weight is 380 g/mol. The number of Topliss-reactive ketones (excluding diaryl/α,β-unsaturated/α-hetero) is 1. The Morgan fingerprint density at radius 2 is 2.07 bits per heavy atom. The van der Waals surface area contributed by atoms with E-state index in [1.165, 1.54) is 4.68 Å². The van der Waals surface area contributed by atoms with Crippen LogP contribution in [0.3, 0.4) is 0 Å². The first-order valence-corrected chi connectivity index (χ1v) is 9.63. The number of hydrogen-bond donors (Lipinski definition) is 1. The number of carbonyl (C=O) groups is 1. The van der Waals surface area contributed by atoms with E-state index < -0.39 is 0 Å². The molecule has 1 aliphatic rings. The second kappa shape index (κ2) is 7.55. The quantitative estimate of drug-likeness (QED) is 0.672. The number of ketones is 1. The molecule has 1 atom stereocenters. The molecule has 28 heavy (non-hydrogen) atoms. The SMILES string of the molecule is CCn1c(N2CCC[C@@H](N)C2)nc2cnn(CC(=O)c3ccccc3)c(=O)c21. The van der Waals surface area contributed by atoms with Crippen molar-refractivity contribution in [3.05, 3.63) is 52.4 Å². The number of anilines is 1. The zero-order valence-electron chi connectivity index (χ0n) is 15.9. The molecule has 0 bridgehead atoms. The molecule has 4 rings (SSSR count). The predicted octanol–water partition coefficient (Wildman–Crippen LogP) is 1.42. The number of carbonyl (C=O) groups excluding carboxylic acids is 1. The fourth-order valence-corrected chi connectivity index (χ4v) is 3.77.